The van der Waals surface area contributed by atoms with Crippen LogP contribution in [0.5, 0.6) is 0 Å². The van der Waals surface area contributed by atoms with Gasteiger partial charge in [0.15, 0.2) is 0 Å². The lowest BCUT2D eigenvalue weighted by Gasteiger charge is -2.29. The lowest BCUT2D eigenvalue weighted by molar-refractivity contribution is -0.121. The van der Waals surface area contributed by atoms with Crippen LogP contribution in [0.3, 0.4) is 0 Å². The van der Waals surface area contributed by atoms with Crippen molar-refractivity contribution in [2.45, 2.75) is 39.2 Å². The maximum absolute atomic E-state index is 11.5. The first-order valence-electron chi connectivity index (χ1n) is 6.01. The molecule has 6 nitrogen and oxygen atoms in total. The van der Waals surface area contributed by atoms with Gasteiger partial charge in [0.25, 0.3) is 0 Å². The van der Waals surface area contributed by atoms with E-state index in [2.05, 4.69) is 0 Å². The number of aliphatic hydroxyl groups excluding tert-OH is 2. The lowest BCUT2D eigenvalue weighted by atomic mass is 10.1. The minimum Gasteiger partial charge on any atom is -0.444 e. The fourth-order valence-electron chi connectivity index (χ4n) is 1.27. The van der Waals surface area contributed by atoms with Crippen molar-refractivity contribution in [3.63, 3.8) is 0 Å². The lowest BCUT2D eigenvalue weighted by Crippen LogP contribution is -2.41. The zero-order chi connectivity index (χ0) is 14.2. The Labute approximate surface area is 108 Å². The van der Waals surface area contributed by atoms with Gasteiger partial charge in [0.1, 0.15) is 11.4 Å². The molecule has 1 aliphatic heterocycles. The average molecular weight is 261 g/mol. The summed E-state index contributed by atoms with van der Waals surface area (Å²) in [7, 11) is 0. The van der Waals surface area contributed by atoms with E-state index in [0.717, 1.165) is 0 Å². The molecule has 0 bridgehead atoms. The van der Waals surface area contributed by atoms with Crippen LogP contribution in [0.25, 0.3) is 0 Å². The molecular weight excluding hydrogens is 238 g/mol. The fourth-order valence-corrected chi connectivity index (χ4v) is 1.27. The van der Waals surface area contributed by atoms with Crippen LogP contribution < -0.4 is 0 Å². The normalized spacial score (nSPS) is 15.8. The average Bonchev–Trinajstić information content (AvgIpc) is 2.28. The summed E-state index contributed by atoms with van der Waals surface area (Å²) in [5.74, 6) is 0.227. The van der Waals surface area contributed by atoms with Gasteiger partial charge in [0.2, 0.25) is 0 Å². The van der Waals surface area contributed by atoms with Crippen molar-refractivity contribution in [2.24, 2.45) is 0 Å². The molecule has 0 aromatic carbocycles. The zero-order valence-corrected chi connectivity index (χ0v) is 11.3. The molecule has 106 valence electrons. The number of hydrogen-bond donors (Lipinski definition) is 2. The molecule has 1 saturated heterocycles. The third-order valence-electron chi connectivity index (χ3n) is 2.07. The van der Waals surface area contributed by atoms with Gasteiger partial charge in [0.05, 0.1) is 13.2 Å². The van der Waals surface area contributed by atoms with Gasteiger partial charge in [0, 0.05) is 25.9 Å². The second kappa shape index (κ2) is 8.05. The molecule has 0 saturated carbocycles. The third kappa shape index (κ3) is 8.03. The number of ether oxygens (including phenoxy) is 1. The highest BCUT2D eigenvalue weighted by Gasteiger charge is 2.25. The molecule has 0 aromatic heterocycles. The maximum atomic E-state index is 11.5. The van der Waals surface area contributed by atoms with E-state index < -0.39 is 5.60 Å². The quantitative estimate of drug-likeness (QED) is 0.720. The largest absolute Gasteiger partial charge is 0.444 e. The first kappa shape index (κ1) is 16.9. The molecule has 0 aliphatic carbocycles. The molecule has 6 heteroatoms. The van der Waals surface area contributed by atoms with Crippen molar-refractivity contribution < 1.29 is 24.5 Å². The summed E-state index contributed by atoms with van der Waals surface area (Å²) < 4.78 is 5.19. The van der Waals surface area contributed by atoms with Crippen LogP contribution >= 0.6 is 0 Å². The van der Waals surface area contributed by atoms with Gasteiger partial charge in [-0.15, -0.1) is 0 Å². The van der Waals surface area contributed by atoms with Crippen molar-refractivity contribution in [3.8, 4) is 0 Å². The van der Waals surface area contributed by atoms with E-state index in [0.29, 0.717) is 25.9 Å². The molecule has 18 heavy (non-hydrogen) atoms. The molecule has 0 aromatic rings. The molecule has 1 heterocycles. The fraction of sp³-hybridized carbons (Fsp3) is 0.833. The zero-order valence-electron chi connectivity index (χ0n) is 11.3. The monoisotopic (exact) mass is 261 g/mol. The Morgan fingerprint density at radius 2 is 1.67 bits per heavy atom. The van der Waals surface area contributed by atoms with E-state index in [1.807, 2.05) is 20.8 Å². The summed E-state index contributed by atoms with van der Waals surface area (Å²) in [5, 5.41) is 15.2. The van der Waals surface area contributed by atoms with Gasteiger partial charge in [-0.2, -0.15) is 0 Å². The van der Waals surface area contributed by atoms with E-state index in [4.69, 9.17) is 14.9 Å². The van der Waals surface area contributed by atoms with Crippen molar-refractivity contribution in [2.75, 3.05) is 26.3 Å². The summed E-state index contributed by atoms with van der Waals surface area (Å²) in [6.07, 6.45) is 0.600. The van der Waals surface area contributed by atoms with Crippen LogP contribution in [0.4, 0.5) is 4.79 Å². The maximum Gasteiger partial charge on any atom is 0.410 e. The number of ketones is 1. The second-order valence-corrected chi connectivity index (χ2v) is 4.95. The standard InChI is InChI=1S/C10H17NO3.C2H6O2/c1-10(2,3)14-9(13)11-6-4-8(12)5-7-11;3-1-2-4/h4-7H2,1-3H3;3-4H,1-2H2. The summed E-state index contributed by atoms with van der Waals surface area (Å²) in [6.45, 7) is 6.24. The highest BCUT2D eigenvalue weighted by atomic mass is 16.6. The Morgan fingerprint density at radius 1 is 1.22 bits per heavy atom. The number of carbonyl (C=O) groups is 2. The molecule has 0 radical (unpaired) electrons. The minimum absolute atomic E-state index is 0.125. The first-order valence-corrected chi connectivity index (χ1v) is 6.01. The first-order chi connectivity index (χ1) is 8.30. The Bertz CT molecular complexity index is 260. The predicted octanol–water partition coefficient (Wildman–Crippen LogP) is 0.557. The minimum atomic E-state index is -0.460. The Morgan fingerprint density at radius 3 is 2.00 bits per heavy atom. The number of amides is 1. The van der Waals surface area contributed by atoms with E-state index in [1.54, 1.807) is 4.90 Å². The molecule has 1 amide bonds. The Kier molecular flexibility index (Phi) is 7.54. The highest BCUT2D eigenvalue weighted by Crippen LogP contribution is 2.13. The van der Waals surface area contributed by atoms with Crippen LogP contribution in [0.1, 0.15) is 33.6 Å². The molecule has 1 fully saturated rings. The molecule has 1 aliphatic rings. The number of carbonyl (C=O) groups excluding carboxylic acids is 2. The van der Waals surface area contributed by atoms with Crippen molar-refractivity contribution >= 4 is 11.9 Å². The summed E-state index contributed by atoms with van der Waals surface area (Å²) >= 11 is 0. The topological polar surface area (TPSA) is 87.1 Å². The van der Waals surface area contributed by atoms with Gasteiger partial charge in [-0.25, -0.2) is 4.79 Å². The summed E-state index contributed by atoms with van der Waals surface area (Å²) in [6, 6.07) is 0. The molecule has 0 atom stereocenters. The van der Waals surface area contributed by atoms with Crippen molar-refractivity contribution in [1.82, 2.24) is 4.90 Å². The van der Waals surface area contributed by atoms with Gasteiger partial charge in [-0.1, -0.05) is 0 Å². The molecular formula is C12H23NO5. The van der Waals surface area contributed by atoms with Crippen LogP contribution in [0.2, 0.25) is 0 Å². The van der Waals surface area contributed by atoms with Gasteiger partial charge >= 0.3 is 6.09 Å². The second-order valence-electron chi connectivity index (χ2n) is 4.95. The number of hydrogen-bond acceptors (Lipinski definition) is 5. The molecule has 0 spiro atoms. The van der Waals surface area contributed by atoms with E-state index >= 15 is 0 Å². The number of rotatable bonds is 1. The number of nitrogens with zero attached hydrogens (tertiary/aromatic N) is 1. The number of piperidine rings is 1. The highest BCUT2D eigenvalue weighted by molar-refractivity contribution is 5.81. The summed E-state index contributed by atoms with van der Waals surface area (Å²) in [5.41, 5.74) is -0.460. The summed E-state index contributed by atoms with van der Waals surface area (Å²) in [4.78, 5) is 24.0. The van der Waals surface area contributed by atoms with Gasteiger partial charge in [-0.3, -0.25) is 4.79 Å². The predicted molar refractivity (Wildman–Crippen MR) is 66.2 cm³/mol. The molecule has 1 rings (SSSR count). The van der Waals surface area contributed by atoms with Gasteiger partial charge in [-0.05, 0) is 20.8 Å². The molecule has 2 N–H and O–H groups in total. The van der Waals surface area contributed by atoms with Crippen LogP contribution in [0, 0.1) is 0 Å². The van der Waals surface area contributed by atoms with E-state index in [-0.39, 0.29) is 25.1 Å². The third-order valence-corrected chi connectivity index (χ3v) is 2.07. The van der Waals surface area contributed by atoms with Crippen LogP contribution in [-0.4, -0.2) is 58.9 Å². The molecule has 0 unspecified atom stereocenters. The number of aliphatic hydroxyl groups is 2. The van der Waals surface area contributed by atoms with Crippen LogP contribution in [0.15, 0.2) is 0 Å². The van der Waals surface area contributed by atoms with Gasteiger partial charge < -0.3 is 19.8 Å². The SMILES string of the molecule is CC(C)(C)OC(=O)N1CCC(=O)CC1.OCCO. The number of likely N-dealkylation sites (tertiary alicyclic amines) is 1. The van der Waals surface area contributed by atoms with Crippen molar-refractivity contribution in [1.29, 1.82) is 0 Å². The van der Waals surface area contributed by atoms with E-state index in [9.17, 15) is 9.59 Å². The smallest absolute Gasteiger partial charge is 0.410 e. The van der Waals surface area contributed by atoms with Crippen LogP contribution in [-0.2, 0) is 9.53 Å². The van der Waals surface area contributed by atoms with E-state index in [1.165, 1.54) is 0 Å². The Hall–Kier alpha value is -1.14. The Balaban J connectivity index is 0.000000631. The van der Waals surface area contributed by atoms with Crippen molar-refractivity contribution in [3.05, 3.63) is 0 Å². The number of Topliss-reactive ketones (excluding diaryl/α,β-unsaturated/α-hetero) is 1.